The third-order valence-electron chi connectivity index (χ3n) is 4.55. The largest absolute Gasteiger partial charge is 0.325 e. The van der Waals surface area contributed by atoms with Crippen LogP contribution in [-0.4, -0.2) is 37.5 Å². The molecule has 0 bridgehead atoms. The van der Waals surface area contributed by atoms with Gasteiger partial charge in [-0.05, 0) is 49.6 Å². The molecule has 7 heteroatoms. The molecule has 0 saturated carbocycles. The molecular weight excluding hydrogens is 380 g/mol. The molecule has 0 atom stereocenters. The predicted octanol–water partition coefficient (Wildman–Crippen LogP) is 3.90. The Labute approximate surface area is 165 Å². The lowest BCUT2D eigenvalue weighted by atomic mass is 10.2. The van der Waals surface area contributed by atoms with E-state index < -0.39 is 10.0 Å². The third-order valence-corrected chi connectivity index (χ3v) is 7.46. The van der Waals surface area contributed by atoms with Crippen molar-refractivity contribution in [2.75, 3.05) is 24.2 Å². The number of carbonyl (C=O) groups excluding carboxylic acids is 1. The van der Waals surface area contributed by atoms with Crippen LogP contribution in [0.3, 0.4) is 0 Å². The lowest BCUT2D eigenvalue weighted by Crippen LogP contribution is -2.35. The zero-order chi connectivity index (χ0) is 19.3. The number of anilines is 1. The van der Waals surface area contributed by atoms with Crippen molar-refractivity contribution in [2.45, 2.75) is 36.0 Å². The second-order valence-electron chi connectivity index (χ2n) is 6.59. The molecule has 1 aliphatic heterocycles. The SMILES string of the molecule is Cc1ccc(S(=O)(=O)N2CCCCC2)cc1NC(=O)CSc1ccccc1. The average molecular weight is 405 g/mol. The normalized spacial score (nSPS) is 15.4. The number of carbonyl (C=O) groups is 1. The average Bonchev–Trinajstić information content (AvgIpc) is 2.69. The van der Waals surface area contributed by atoms with Gasteiger partial charge in [0.05, 0.1) is 10.6 Å². The van der Waals surface area contributed by atoms with Crippen LogP contribution in [0.4, 0.5) is 5.69 Å². The van der Waals surface area contributed by atoms with E-state index in [1.54, 1.807) is 18.2 Å². The topological polar surface area (TPSA) is 66.5 Å². The van der Waals surface area contributed by atoms with Gasteiger partial charge in [0, 0.05) is 23.7 Å². The highest BCUT2D eigenvalue weighted by molar-refractivity contribution is 8.00. The molecule has 0 aromatic heterocycles. The highest BCUT2D eigenvalue weighted by Gasteiger charge is 2.26. The summed E-state index contributed by atoms with van der Waals surface area (Å²) in [6.45, 7) is 2.98. The number of nitrogens with one attached hydrogen (secondary N) is 1. The molecule has 1 amide bonds. The summed E-state index contributed by atoms with van der Waals surface area (Å²) in [6, 6.07) is 14.6. The first-order valence-corrected chi connectivity index (χ1v) is 11.5. The Bertz CT molecular complexity index is 893. The summed E-state index contributed by atoms with van der Waals surface area (Å²) in [5.41, 5.74) is 1.39. The van der Waals surface area contributed by atoms with Crippen LogP contribution >= 0.6 is 11.8 Å². The van der Waals surface area contributed by atoms with Crippen LogP contribution in [0.25, 0.3) is 0 Å². The fourth-order valence-corrected chi connectivity index (χ4v) is 5.27. The van der Waals surface area contributed by atoms with E-state index in [0.717, 1.165) is 29.7 Å². The van der Waals surface area contributed by atoms with Crippen molar-refractivity contribution in [1.29, 1.82) is 0 Å². The summed E-state index contributed by atoms with van der Waals surface area (Å²) >= 11 is 1.45. The Kier molecular flexibility index (Phi) is 6.57. The smallest absolute Gasteiger partial charge is 0.243 e. The van der Waals surface area contributed by atoms with Crippen LogP contribution in [0.2, 0.25) is 0 Å². The highest BCUT2D eigenvalue weighted by atomic mass is 32.2. The van der Waals surface area contributed by atoms with Crippen LogP contribution in [0.5, 0.6) is 0 Å². The summed E-state index contributed by atoms with van der Waals surface area (Å²) < 4.78 is 27.3. The second kappa shape index (κ2) is 8.91. The van der Waals surface area contributed by atoms with Crippen LogP contribution in [0.1, 0.15) is 24.8 Å². The molecule has 1 N–H and O–H groups in total. The fourth-order valence-electron chi connectivity index (χ4n) is 3.00. The number of rotatable bonds is 6. The molecule has 0 aliphatic carbocycles. The van der Waals surface area contributed by atoms with Gasteiger partial charge in [0.15, 0.2) is 0 Å². The van der Waals surface area contributed by atoms with Gasteiger partial charge >= 0.3 is 0 Å². The molecular formula is C20H24N2O3S2. The number of aryl methyl sites for hydroxylation is 1. The molecule has 3 rings (SSSR count). The molecule has 2 aromatic carbocycles. The molecule has 0 unspecified atom stereocenters. The van der Waals surface area contributed by atoms with Gasteiger partial charge in [0.2, 0.25) is 15.9 Å². The first-order chi connectivity index (χ1) is 13.0. The second-order valence-corrected chi connectivity index (χ2v) is 9.58. The van der Waals surface area contributed by atoms with E-state index in [9.17, 15) is 13.2 Å². The number of thioether (sulfide) groups is 1. The standard InChI is InChI=1S/C20H24N2O3S2/c1-16-10-11-18(27(24,25)22-12-6-3-7-13-22)14-19(16)21-20(23)15-26-17-8-4-2-5-9-17/h2,4-5,8-11,14H,3,6-7,12-13,15H2,1H3,(H,21,23). The quantitative estimate of drug-likeness (QED) is 0.742. The van der Waals surface area contributed by atoms with E-state index >= 15 is 0 Å². The van der Waals surface area contributed by atoms with Gasteiger partial charge in [0.1, 0.15) is 0 Å². The number of nitrogens with zero attached hydrogens (tertiary/aromatic N) is 1. The molecule has 1 aliphatic rings. The minimum Gasteiger partial charge on any atom is -0.325 e. The van der Waals surface area contributed by atoms with E-state index in [4.69, 9.17) is 0 Å². The summed E-state index contributed by atoms with van der Waals surface area (Å²) in [6.07, 6.45) is 2.86. The van der Waals surface area contributed by atoms with Gasteiger partial charge in [-0.15, -0.1) is 11.8 Å². The molecule has 5 nitrogen and oxygen atoms in total. The van der Waals surface area contributed by atoms with Crippen molar-refractivity contribution >= 4 is 33.4 Å². The monoisotopic (exact) mass is 404 g/mol. The lowest BCUT2D eigenvalue weighted by molar-refractivity contribution is -0.113. The van der Waals surface area contributed by atoms with Crippen molar-refractivity contribution in [1.82, 2.24) is 4.31 Å². The Morgan fingerprint density at radius 3 is 2.48 bits per heavy atom. The van der Waals surface area contributed by atoms with Gasteiger partial charge in [-0.2, -0.15) is 4.31 Å². The summed E-state index contributed by atoms with van der Waals surface area (Å²) in [5, 5.41) is 2.85. The molecule has 1 saturated heterocycles. The van der Waals surface area contributed by atoms with E-state index in [2.05, 4.69) is 5.32 Å². The lowest BCUT2D eigenvalue weighted by Gasteiger charge is -2.26. The van der Waals surface area contributed by atoms with Crippen molar-refractivity contribution in [3.05, 3.63) is 54.1 Å². The summed E-state index contributed by atoms with van der Waals surface area (Å²) in [4.78, 5) is 13.6. The predicted molar refractivity (Wildman–Crippen MR) is 110 cm³/mol. The number of piperidine rings is 1. The molecule has 27 heavy (non-hydrogen) atoms. The number of sulfonamides is 1. The Morgan fingerprint density at radius 2 is 1.78 bits per heavy atom. The Balaban J connectivity index is 1.70. The molecule has 144 valence electrons. The first-order valence-electron chi connectivity index (χ1n) is 9.05. The number of benzene rings is 2. The van der Waals surface area contributed by atoms with Crippen LogP contribution in [0.15, 0.2) is 58.3 Å². The molecule has 1 heterocycles. The van der Waals surface area contributed by atoms with Crippen LogP contribution in [0, 0.1) is 6.92 Å². The van der Waals surface area contributed by atoms with E-state index in [-0.39, 0.29) is 16.6 Å². The molecule has 2 aromatic rings. The van der Waals surface area contributed by atoms with Crippen LogP contribution < -0.4 is 5.32 Å². The van der Waals surface area contributed by atoms with E-state index in [0.29, 0.717) is 18.8 Å². The van der Waals surface area contributed by atoms with Crippen molar-refractivity contribution < 1.29 is 13.2 Å². The van der Waals surface area contributed by atoms with Crippen molar-refractivity contribution in [3.63, 3.8) is 0 Å². The third kappa shape index (κ3) is 5.12. The zero-order valence-corrected chi connectivity index (χ0v) is 17.0. The van der Waals surface area contributed by atoms with Gasteiger partial charge in [-0.3, -0.25) is 4.79 Å². The van der Waals surface area contributed by atoms with Gasteiger partial charge in [-0.25, -0.2) is 8.42 Å². The van der Waals surface area contributed by atoms with E-state index in [1.807, 2.05) is 37.3 Å². The van der Waals surface area contributed by atoms with Gasteiger partial charge in [0.25, 0.3) is 0 Å². The molecule has 1 fully saturated rings. The molecule has 0 radical (unpaired) electrons. The maximum atomic E-state index is 12.9. The zero-order valence-electron chi connectivity index (χ0n) is 15.3. The van der Waals surface area contributed by atoms with Crippen molar-refractivity contribution in [3.8, 4) is 0 Å². The minimum absolute atomic E-state index is 0.153. The maximum Gasteiger partial charge on any atom is 0.243 e. The molecule has 0 spiro atoms. The van der Waals surface area contributed by atoms with Crippen molar-refractivity contribution in [2.24, 2.45) is 0 Å². The summed E-state index contributed by atoms with van der Waals surface area (Å²) in [7, 11) is -3.52. The number of hydrogen-bond donors (Lipinski definition) is 1. The minimum atomic E-state index is -3.52. The highest BCUT2D eigenvalue weighted by Crippen LogP contribution is 2.25. The summed E-state index contributed by atoms with van der Waals surface area (Å²) in [5.74, 6) is 0.117. The fraction of sp³-hybridized carbons (Fsp3) is 0.350. The van der Waals surface area contributed by atoms with Gasteiger partial charge < -0.3 is 5.32 Å². The number of amides is 1. The van der Waals surface area contributed by atoms with Crippen LogP contribution in [-0.2, 0) is 14.8 Å². The maximum absolute atomic E-state index is 12.9. The Morgan fingerprint density at radius 1 is 1.07 bits per heavy atom. The Hall–Kier alpha value is -1.83. The van der Waals surface area contributed by atoms with Gasteiger partial charge in [-0.1, -0.05) is 30.7 Å². The van der Waals surface area contributed by atoms with E-state index in [1.165, 1.54) is 16.1 Å². The number of hydrogen-bond acceptors (Lipinski definition) is 4. The first kappa shape index (κ1) is 19.9.